The summed E-state index contributed by atoms with van der Waals surface area (Å²) in [5, 5.41) is 0. The van der Waals surface area contributed by atoms with Crippen molar-refractivity contribution in [3.8, 4) is 0 Å². The Balaban J connectivity index is 1.97. The second kappa shape index (κ2) is 6.10. The van der Waals surface area contributed by atoms with Gasteiger partial charge in [0.2, 0.25) is 0 Å². The van der Waals surface area contributed by atoms with Gasteiger partial charge in [-0.2, -0.15) is 0 Å². The Bertz CT molecular complexity index is 615. The summed E-state index contributed by atoms with van der Waals surface area (Å²) in [6.45, 7) is 3.56. The van der Waals surface area contributed by atoms with Gasteiger partial charge in [0.15, 0.2) is 5.78 Å². The molecule has 102 valence electrons. The van der Waals surface area contributed by atoms with Crippen molar-refractivity contribution in [2.24, 2.45) is 0 Å². The summed E-state index contributed by atoms with van der Waals surface area (Å²) in [7, 11) is 0. The van der Waals surface area contributed by atoms with Gasteiger partial charge < -0.3 is 4.74 Å². The molecule has 4 heteroatoms. The van der Waals surface area contributed by atoms with E-state index in [9.17, 15) is 9.59 Å². The van der Waals surface area contributed by atoms with Crippen LogP contribution in [-0.2, 0) is 11.3 Å². The number of ether oxygens (including phenoxy) is 1. The van der Waals surface area contributed by atoms with Gasteiger partial charge in [-0.15, -0.1) is 0 Å². The molecule has 0 saturated carbocycles. The van der Waals surface area contributed by atoms with Crippen LogP contribution in [-0.4, -0.2) is 16.7 Å². The lowest BCUT2D eigenvalue weighted by Crippen LogP contribution is -2.06. The molecular weight excluding hydrogens is 254 g/mol. The van der Waals surface area contributed by atoms with E-state index in [0.29, 0.717) is 11.1 Å². The van der Waals surface area contributed by atoms with Gasteiger partial charge in [0, 0.05) is 23.0 Å². The molecule has 4 nitrogen and oxygen atoms in total. The predicted molar refractivity (Wildman–Crippen MR) is 74.5 cm³/mol. The molecule has 0 spiro atoms. The van der Waals surface area contributed by atoms with Crippen molar-refractivity contribution < 1.29 is 14.3 Å². The number of benzene rings is 1. The molecule has 2 rings (SSSR count). The van der Waals surface area contributed by atoms with Crippen LogP contribution < -0.4 is 0 Å². The number of rotatable bonds is 4. The summed E-state index contributed by atoms with van der Waals surface area (Å²) in [5.74, 6) is -0.448. The molecule has 0 fully saturated rings. The third-order valence-electron chi connectivity index (χ3n) is 2.87. The maximum absolute atomic E-state index is 11.8. The molecule has 0 aliphatic heterocycles. The van der Waals surface area contributed by atoms with E-state index in [1.54, 1.807) is 30.5 Å². The van der Waals surface area contributed by atoms with Crippen LogP contribution in [0.1, 0.15) is 38.9 Å². The average Bonchev–Trinajstić information content (AvgIpc) is 2.46. The quantitative estimate of drug-likeness (QED) is 0.632. The Morgan fingerprint density at radius 3 is 2.25 bits per heavy atom. The molecule has 0 atom stereocenters. The SMILES string of the molecule is CC(=O)c1ccc(C(=O)OCc2ccc(C)nc2)cc1. The van der Waals surface area contributed by atoms with Crippen LogP contribution in [0, 0.1) is 6.92 Å². The van der Waals surface area contributed by atoms with Crippen molar-refractivity contribution in [2.75, 3.05) is 0 Å². The number of esters is 1. The fourth-order valence-electron chi connectivity index (χ4n) is 1.66. The maximum Gasteiger partial charge on any atom is 0.338 e. The fourth-order valence-corrected chi connectivity index (χ4v) is 1.66. The van der Waals surface area contributed by atoms with Crippen molar-refractivity contribution in [3.05, 3.63) is 65.0 Å². The van der Waals surface area contributed by atoms with Crippen molar-refractivity contribution in [1.29, 1.82) is 0 Å². The van der Waals surface area contributed by atoms with Gasteiger partial charge >= 0.3 is 5.97 Å². The molecule has 2 aromatic rings. The summed E-state index contributed by atoms with van der Waals surface area (Å²) in [6, 6.07) is 10.1. The van der Waals surface area contributed by atoms with Crippen molar-refractivity contribution in [1.82, 2.24) is 4.98 Å². The van der Waals surface area contributed by atoms with Crippen LogP contribution in [0.4, 0.5) is 0 Å². The first-order valence-electron chi connectivity index (χ1n) is 6.26. The Labute approximate surface area is 117 Å². The van der Waals surface area contributed by atoms with E-state index in [0.717, 1.165) is 11.3 Å². The lowest BCUT2D eigenvalue weighted by atomic mass is 10.1. The van der Waals surface area contributed by atoms with Gasteiger partial charge in [-0.05, 0) is 32.0 Å². The smallest absolute Gasteiger partial charge is 0.338 e. The first kappa shape index (κ1) is 13.9. The summed E-state index contributed by atoms with van der Waals surface area (Å²) < 4.78 is 5.19. The van der Waals surface area contributed by atoms with Gasteiger partial charge in [0.1, 0.15) is 6.61 Å². The van der Waals surface area contributed by atoms with E-state index >= 15 is 0 Å². The van der Waals surface area contributed by atoms with Crippen LogP contribution in [0.25, 0.3) is 0 Å². The lowest BCUT2D eigenvalue weighted by molar-refractivity contribution is 0.0472. The van der Waals surface area contributed by atoms with E-state index in [1.807, 2.05) is 19.1 Å². The number of aryl methyl sites for hydroxylation is 1. The molecule has 20 heavy (non-hydrogen) atoms. The minimum atomic E-state index is -0.416. The first-order valence-corrected chi connectivity index (χ1v) is 6.26. The minimum absolute atomic E-state index is 0.0318. The van der Waals surface area contributed by atoms with Crippen LogP contribution in [0.2, 0.25) is 0 Å². The number of nitrogens with zero attached hydrogens (tertiary/aromatic N) is 1. The molecule has 0 unspecified atom stereocenters. The Kier molecular flexibility index (Phi) is 4.25. The third-order valence-corrected chi connectivity index (χ3v) is 2.87. The zero-order valence-corrected chi connectivity index (χ0v) is 11.4. The highest BCUT2D eigenvalue weighted by molar-refractivity contribution is 5.96. The van der Waals surface area contributed by atoms with E-state index in [1.165, 1.54) is 6.92 Å². The summed E-state index contributed by atoms with van der Waals surface area (Å²) >= 11 is 0. The molecule has 0 amide bonds. The van der Waals surface area contributed by atoms with Crippen LogP contribution in [0.5, 0.6) is 0 Å². The van der Waals surface area contributed by atoms with Gasteiger partial charge in [-0.1, -0.05) is 18.2 Å². The highest BCUT2D eigenvalue weighted by Gasteiger charge is 2.08. The monoisotopic (exact) mass is 269 g/mol. The molecule has 1 heterocycles. The molecule has 1 aromatic carbocycles. The molecule has 0 aliphatic rings. The largest absolute Gasteiger partial charge is 0.457 e. The number of hydrogen-bond donors (Lipinski definition) is 0. The van der Waals surface area contributed by atoms with E-state index in [2.05, 4.69) is 4.98 Å². The number of aromatic nitrogens is 1. The molecule has 0 saturated heterocycles. The molecule has 1 aromatic heterocycles. The molecular formula is C16H15NO3. The zero-order valence-electron chi connectivity index (χ0n) is 11.4. The third kappa shape index (κ3) is 3.51. The maximum atomic E-state index is 11.8. The van der Waals surface area contributed by atoms with Crippen molar-refractivity contribution in [2.45, 2.75) is 20.5 Å². The molecule has 0 radical (unpaired) electrons. The average molecular weight is 269 g/mol. The van der Waals surface area contributed by atoms with Gasteiger partial charge in [0.25, 0.3) is 0 Å². The van der Waals surface area contributed by atoms with Crippen LogP contribution in [0.15, 0.2) is 42.6 Å². The van der Waals surface area contributed by atoms with Crippen LogP contribution >= 0.6 is 0 Å². The number of carbonyl (C=O) groups is 2. The highest BCUT2D eigenvalue weighted by Crippen LogP contribution is 2.09. The number of pyridine rings is 1. The molecule has 0 bridgehead atoms. The Morgan fingerprint density at radius 1 is 1.05 bits per heavy atom. The molecule has 0 aliphatic carbocycles. The highest BCUT2D eigenvalue weighted by atomic mass is 16.5. The standard InChI is InChI=1S/C16H15NO3/c1-11-3-4-13(9-17-11)10-20-16(19)15-7-5-14(6-8-15)12(2)18/h3-9H,10H2,1-2H3. The lowest BCUT2D eigenvalue weighted by Gasteiger charge is -2.05. The fraction of sp³-hybridized carbons (Fsp3) is 0.188. The summed E-state index contributed by atoms with van der Waals surface area (Å²) in [4.78, 5) is 27.1. The van der Waals surface area contributed by atoms with E-state index < -0.39 is 5.97 Å². The number of ketones is 1. The van der Waals surface area contributed by atoms with E-state index in [4.69, 9.17) is 4.74 Å². The molecule has 0 N–H and O–H groups in total. The normalized spacial score (nSPS) is 10.1. The van der Waals surface area contributed by atoms with E-state index in [-0.39, 0.29) is 12.4 Å². The second-order valence-corrected chi connectivity index (χ2v) is 4.52. The van der Waals surface area contributed by atoms with Crippen molar-refractivity contribution in [3.63, 3.8) is 0 Å². The minimum Gasteiger partial charge on any atom is -0.457 e. The second-order valence-electron chi connectivity index (χ2n) is 4.52. The first-order chi connectivity index (χ1) is 9.56. The van der Waals surface area contributed by atoms with Gasteiger partial charge in [-0.3, -0.25) is 9.78 Å². The topological polar surface area (TPSA) is 56.3 Å². The summed E-state index contributed by atoms with van der Waals surface area (Å²) in [6.07, 6.45) is 1.68. The Morgan fingerprint density at radius 2 is 1.70 bits per heavy atom. The Hall–Kier alpha value is -2.49. The van der Waals surface area contributed by atoms with Crippen molar-refractivity contribution >= 4 is 11.8 Å². The zero-order chi connectivity index (χ0) is 14.5. The summed E-state index contributed by atoms with van der Waals surface area (Å²) in [5.41, 5.74) is 2.75. The van der Waals surface area contributed by atoms with Gasteiger partial charge in [-0.25, -0.2) is 4.79 Å². The predicted octanol–water partition coefficient (Wildman–Crippen LogP) is 2.95. The van der Waals surface area contributed by atoms with Crippen LogP contribution in [0.3, 0.4) is 0 Å². The number of hydrogen-bond acceptors (Lipinski definition) is 4. The van der Waals surface area contributed by atoms with Gasteiger partial charge in [0.05, 0.1) is 5.56 Å². The number of carbonyl (C=O) groups excluding carboxylic acids is 2. The number of Topliss-reactive ketones (excluding diaryl/α,β-unsaturated/α-hetero) is 1.